The van der Waals surface area contributed by atoms with E-state index in [1.165, 1.54) is 51.4 Å². The fourth-order valence-corrected chi connectivity index (χ4v) is 8.02. The van der Waals surface area contributed by atoms with Crippen LogP contribution in [-0.4, -0.2) is 24.3 Å². The van der Waals surface area contributed by atoms with Crippen LogP contribution in [0.3, 0.4) is 0 Å². The standard InChI is InChI=1S/C22H34O3/c1-14(23)25-19-7-6-17-16-5-4-15-12-22(13-24-22)11-10-20(15,2)18(16)8-9-21(17,19)3/h15-19H,4-13H2,1-3H3/t15-,16+,17+,18+,19+,20+,21+,22-/m1/s1. The van der Waals surface area contributed by atoms with Crippen LogP contribution in [0.1, 0.15) is 78.6 Å². The maximum absolute atomic E-state index is 11.6. The normalized spacial score (nSPS) is 56.7. The van der Waals surface area contributed by atoms with Crippen LogP contribution >= 0.6 is 0 Å². The Balaban J connectivity index is 1.39. The minimum absolute atomic E-state index is 0.0910. The van der Waals surface area contributed by atoms with Crippen molar-refractivity contribution >= 4 is 5.97 Å². The van der Waals surface area contributed by atoms with E-state index in [9.17, 15) is 4.79 Å². The highest BCUT2D eigenvalue weighted by Gasteiger charge is 2.63. The third-order valence-corrected chi connectivity index (χ3v) is 9.58. The van der Waals surface area contributed by atoms with E-state index in [0.29, 0.717) is 11.0 Å². The first-order valence-corrected chi connectivity index (χ1v) is 10.7. The molecule has 0 bridgehead atoms. The molecule has 5 rings (SSSR count). The zero-order valence-corrected chi connectivity index (χ0v) is 16.2. The number of hydrogen-bond acceptors (Lipinski definition) is 3. The second-order valence-electron chi connectivity index (χ2n) is 10.6. The van der Waals surface area contributed by atoms with Crippen LogP contribution < -0.4 is 0 Å². The second kappa shape index (κ2) is 5.24. The van der Waals surface area contributed by atoms with Gasteiger partial charge in [-0.25, -0.2) is 0 Å². The van der Waals surface area contributed by atoms with Crippen molar-refractivity contribution in [3.8, 4) is 0 Å². The lowest BCUT2D eigenvalue weighted by molar-refractivity contribution is -0.162. The highest BCUT2D eigenvalue weighted by molar-refractivity contribution is 5.66. The van der Waals surface area contributed by atoms with Crippen LogP contribution in [0.2, 0.25) is 0 Å². The van der Waals surface area contributed by atoms with Crippen LogP contribution in [0.4, 0.5) is 0 Å². The Hall–Kier alpha value is -0.570. The highest BCUT2D eigenvalue weighted by Crippen LogP contribution is 2.68. The molecule has 1 spiro atoms. The molecule has 0 radical (unpaired) electrons. The first-order valence-electron chi connectivity index (χ1n) is 10.7. The number of rotatable bonds is 1. The molecule has 140 valence electrons. The summed E-state index contributed by atoms with van der Waals surface area (Å²) in [5, 5.41) is 0. The molecule has 5 aliphatic rings. The third kappa shape index (κ3) is 2.30. The molecule has 4 aliphatic carbocycles. The predicted molar refractivity (Wildman–Crippen MR) is 96.0 cm³/mol. The van der Waals surface area contributed by atoms with E-state index < -0.39 is 0 Å². The molecule has 4 saturated carbocycles. The van der Waals surface area contributed by atoms with Gasteiger partial charge in [-0.1, -0.05) is 13.8 Å². The Morgan fingerprint density at radius 3 is 2.44 bits per heavy atom. The van der Waals surface area contributed by atoms with Gasteiger partial charge in [-0.3, -0.25) is 4.79 Å². The SMILES string of the molecule is CC(=O)O[C@H]1CC[C@H]2[C@@H]3CC[C@@H]4C[C@]5(CC[C@]4(C)[C@H]3CC[C@]12C)CO5. The van der Waals surface area contributed by atoms with Gasteiger partial charge in [-0.05, 0) is 86.9 Å². The third-order valence-electron chi connectivity index (χ3n) is 9.58. The van der Waals surface area contributed by atoms with Crippen molar-refractivity contribution in [2.24, 2.45) is 34.5 Å². The first kappa shape index (κ1) is 16.6. The van der Waals surface area contributed by atoms with E-state index in [1.807, 2.05) is 0 Å². The van der Waals surface area contributed by atoms with E-state index in [4.69, 9.17) is 9.47 Å². The summed E-state index contributed by atoms with van der Waals surface area (Å²) in [6.07, 6.45) is 11.9. The van der Waals surface area contributed by atoms with E-state index >= 15 is 0 Å². The molecule has 3 heteroatoms. The van der Waals surface area contributed by atoms with Gasteiger partial charge in [-0.15, -0.1) is 0 Å². The Morgan fingerprint density at radius 2 is 1.72 bits per heavy atom. The lowest BCUT2D eigenvalue weighted by atomic mass is 9.44. The summed E-state index contributed by atoms with van der Waals surface area (Å²) in [6.45, 7) is 7.65. The molecule has 1 saturated heterocycles. The fourth-order valence-electron chi connectivity index (χ4n) is 8.02. The number of ether oxygens (including phenoxy) is 2. The van der Waals surface area contributed by atoms with Crippen molar-refractivity contribution in [1.29, 1.82) is 0 Å². The van der Waals surface area contributed by atoms with E-state index in [2.05, 4.69) is 13.8 Å². The summed E-state index contributed by atoms with van der Waals surface area (Å²) in [5.41, 5.74) is 1.06. The van der Waals surface area contributed by atoms with Crippen molar-refractivity contribution in [1.82, 2.24) is 0 Å². The van der Waals surface area contributed by atoms with Gasteiger partial charge < -0.3 is 9.47 Å². The molecule has 0 N–H and O–H groups in total. The average molecular weight is 347 g/mol. The quantitative estimate of drug-likeness (QED) is 0.509. The monoisotopic (exact) mass is 346 g/mol. The molecule has 25 heavy (non-hydrogen) atoms. The van der Waals surface area contributed by atoms with Crippen molar-refractivity contribution in [2.45, 2.75) is 90.3 Å². The minimum Gasteiger partial charge on any atom is -0.462 e. The summed E-state index contributed by atoms with van der Waals surface area (Å²) >= 11 is 0. The molecule has 0 aromatic rings. The van der Waals surface area contributed by atoms with Gasteiger partial charge in [0.2, 0.25) is 0 Å². The number of hydrogen-bond donors (Lipinski definition) is 0. The summed E-state index contributed by atoms with van der Waals surface area (Å²) in [7, 11) is 0. The minimum atomic E-state index is -0.0910. The van der Waals surface area contributed by atoms with E-state index in [0.717, 1.165) is 36.7 Å². The number of carbonyl (C=O) groups is 1. The van der Waals surface area contributed by atoms with Crippen LogP contribution in [0.15, 0.2) is 0 Å². The molecule has 8 atom stereocenters. The Kier molecular flexibility index (Phi) is 3.48. The Bertz CT molecular complexity index is 582. The largest absolute Gasteiger partial charge is 0.462 e. The van der Waals surface area contributed by atoms with Crippen molar-refractivity contribution in [3.05, 3.63) is 0 Å². The summed E-state index contributed by atoms with van der Waals surface area (Å²) in [6, 6.07) is 0. The lowest BCUT2D eigenvalue weighted by Gasteiger charge is -2.60. The fraction of sp³-hybridized carbons (Fsp3) is 0.955. The van der Waals surface area contributed by atoms with Crippen molar-refractivity contribution in [3.63, 3.8) is 0 Å². The Morgan fingerprint density at radius 1 is 0.960 bits per heavy atom. The maximum atomic E-state index is 11.6. The highest BCUT2D eigenvalue weighted by atomic mass is 16.6. The smallest absolute Gasteiger partial charge is 0.302 e. The van der Waals surface area contributed by atoms with Gasteiger partial charge in [0, 0.05) is 12.3 Å². The zero-order chi connectivity index (χ0) is 17.4. The molecule has 1 aliphatic heterocycles. The average Bonchev–Trinajstić information content (AvgIpc) is 3.24. The van der Waals surface area contributed by atoms with Crippen LogP contribution in [0, 0.1) is 34.5 Å². The topological polar surface area (TPSA) is 38.8 Å². The van der Waals surface area contributed by atoms with Crippen LogP contribution in [-0.2, 0) is 14.3 Å². The summed E-state index contributed by atoms with van der Waals surface area (Å²) in [4.78, 5) is 11.6. The molecule has 0 aromatic carbocycles. The lowest BCUT2D eigenvalue weighted by Crippen LogP contribution is -2.55. The molecule has 5 fully saturated rings. The number of epoxide rings is 1. The van der Waals surface area contributed by atoms with Crippen molar-refractivity contribution < 1.29 is 14.3 Å². The van der Waals surface area contributed by atoms with Gasteiger partial charge >= 0.3 is 5.97 Å². The molecular weight excluding hydrogens is 312 g/mol. The van der Waals surface area contributed by atoms with Crippen LogP contribution in [0.25, 0.3) is 0 Å². The summed E-state index contributed by atoms with van der Waals surface area (Å²) < 4.78 is 11.6. The van der Waals surface area contributed by atoms with Gasteiger partial charge in [0.1, 0.15) is 6.10 Å². The number of fused-ring (bicyclic) bond motifs is 5. The second-order valence-corrected chi connectivity index (χ2v) is 10.6. The molecule has 3 nitrogen and oxygen atoms in total. The summed E-state index contributed by atoms with van der Waals surface area (Å²) in [5.74, 6) is 3.29. The molecule has 0 amide bonds. The van der Waals surface area contributed by atoms with E-state index in [1.54, 1.807) is 6.92 Å². The predicted octanol–water partition coefficient (Wildman–Crippen LogP) is 4.73. The Labute approximate surface area is 152 Å². The van der Waals surface area contributed by atoms with Gasteiger partial charge in [0.25, 0.3) is 0 Å². The van der Waals surface area contributed by atoms with Gasteiger partial charge in [-0.2, -0.15) is 0 Å². The van der Waals surface area contributed by atoms with E-state index in [-0.39, 0.29) is 17.5 Å². The van der Waals surface area contributed by atoms with Crippen LogP contribution in [0.5, 0.6) is 0 Å². The van der Waals surface area contributed by atoms with Gasteiger partial charge in [0.15, 0.2) is 0 Å². The number of esters is 1. The molecular formula is C22H34O3. The molecule has 1 heterocycles. The molecule has 0 aromatic heterocycles. The zero-order valence-electron chi connectivity index (χ0n) is 16.2. The van der Waals surface area contributed by atoms with Crippen molar-refractivity contribution in [2.75, 3.05) is 6.61 Å². The maximum Gasteiger partial charge on any atom is 0.302 e. The van der Waals surface area contributed by atoms with Gasteiger partial charge in [0.05, 0.1) is 12.2 Å². The number of carbonyl (C=O) groups excluding carboxylic acids is 1. The first-order chi connectivity index (χ1) is 11.9. The molecule has 0 unspecified atom stereocenters.